The maximum absolute atomic E-state index is 12.4. The molecular weight excluding hydrogens is 332 g/mol. The van der Waals surface area contributed by atoms with Crippen molar-refractivity contribution in [2.24, 2.45) is 0 Å². The van der Waals surface area contributed by atoms with Gasteiger partial charge in [-0.25, -0.2) is 4.98 Å². The molecular formula is C19H22N4OS. The molecule has 1 fully saturated rings. The van der Waals surface area contributed by atoms with Gasteiger partial charge in [-0.05, 0) is 30.5 Å². The van der Waals surface area contributed by atoms with Gasteiger partial charge in [0.2, 0.25) is 0 Å². The van der Waals surface area contributed by atoms with Crippen molar-refractivity contribution in [3.05, 3.63) is 68.4 Å². The number of hydrogen-bond acceptors (Lipinski definition) is 5. The predicted octanol–water partition coefficient (Wildman–Crippen LogP) is 2.38. The van der Waals surface area contributed by atoms with Crippen LogP contribution in [0.1, 0.15) is 16.3 Å². The number of aromatic nitrogens is 2. The summed E-state index contributed by atoms with van der Waals surface area (Å²) in [6.07, 6.45) is 0. The maximum Gasteiger partial charge on any atom is 0.258 e. The Balaban J connectivity index is 1.42. The fraction of sp³-hybridized carbons (Fsp3) is 0.368. The average molecular weight is 354 g/mol. The minimum absolute atomic E-state index is 0.00873. The molecule has 4 rings (SSSR count). The molecule has 5 nitrogen and oxygen atoms in total. The lowest BCUT2D eigenvalue weighted by Crippen LogP contribution is -2.45. The minimum atomic E-state index is 0.00873. The number of pyridine rings is 1. The van der Waals surface area contributed by atoms with Gasteiger partial charge in [0.15, 0.2) is 0 Å². The third kappa shape index (κ3) is 3.66. The van der Waals surface area contributed by atoms with Crippen LogP contribution in [0, 0.1) is 6.92 Å². The number of aryl methyl sites for hydroxylation is 1. The van der Waals surface area contributed by atoms with Gasteiger partial charge in [0.25, 0.3) is 5.56 Å². The zero-order valence-corrected chi connectivity index (χ0v) is 15.2. The first-order valence-corrected chi connectivity index (χ1v) is 9.52. The highest BCUT2D eigenvalue weighted by Crippen LogP contribution is 2.14. The Morgan fingerprint density at radius 3 is 2.52 bits per heavy atom. The molecule has 3 aromatic rings. The Morgan fingerprint density at radius 1 is 1.04 bits per heavy atom. The van der Waals surface area contributed by atoms with E-state index in [1.807, 2.05) is 36.5 Å². The highest BCUT2D eigenvalue weighted by Gasteiger charge is 2.18. The van der Waals surface area contributed by atoms with Crippen molar-refractivity contribution in [2.45, 2.75) is 20.0 Å². The van der Waals surface area contributed by atoms with Crippen LogP contribution in [-0.4, -0.2) is 45.4 Å². The van der Waals surface area contributed by atoms with Crippen molar-refractivity contribution in [3.8, 4) is 0 Å². The van der Waals surface area contributed by atoms with Crippen LogP contribution in [0.15, 0.2) is 46.6 Å². The molecule has 0 aromatic carbocycles. The molecule has 1 aliphatic heterocycles. The highest BCUT2D eigenvalue weighted by atomic mass is 32.1. The SMILES string of the molecule is Cc1cccc2nc(CN3CCN(Cc4cccs4)CC3)cc(=O)n12. The Hall–Kier alpha value is -2.02. The van der Waals surface area contributed by atoms with E-state index in [2.05, 4.69) is 32.3 Å². The second-order valence-corrected chi connectivity index (χ2v) is 7.61. The molecule has 130 valence electrons. The predicted molar refractivity (Wildman–Crippen MR) is 101 cm³/mol. The lowest BCUT2D eigenvalue weighted by molar-refractivity contribution is 0.122. The Morgan fingerprint density at radius 2 is 1.80 bits per heavy atom. The normalized spacial score (nSPS) is 16.5. The average Bonchev–Trinajstić information content (AvgIpc) is 3.09. The number of piperazine rings is 1. The van der Waals surface area contributed by atoms with Crippen LogP contribution in [-0.2, 0) is 13.1 Å². The summed E-state index contributed by atoms with van der Waals surface area (Å²) in [5.41, 5.74) is 2.53. The zero-order valence-electron chi connectivity index (χ0n) is 14.4. The Kier molecular flexibility index (Phi) is 4.65. The standard InChI is InChI=1S/C19H22N4OS/c1-15-4-2-6-18-20-16(12-19(24)23(15)18)13-21-7-9-22(10-8-21)14-17-5-3-11-25-17/h2-6,11-12H,7-10,13-14H2,1H3. The molecule has 0 N–H and O–H groups in total. The van der Waals surface area contributed by atoms with Crippen LogP contribution in [0.3, 0.4) is 0 Å². The van der Waals surface area contributed by atoms with E-state index in [1.165, 1.54) is 4.88 Å². The molecule has 1 aliphatic rings. The van der Waals surface area contributed by atoms with Crippen molar-refractivity contribution < 1.29 is 0 Å². The molecule has 6 heteroatoms. The molecule has 0 saturated carbocycles. The monoisotopic (exact) mass is 354 g/mol. The van der Waals surface area contributed by atoms with Crippen LogP contribution in [0.4, 0.5) is 0 Å². The van der Waals surface area contributed by atoms with E-state index in [4.69, 9.17) is 0 Å². The zero-order chi connectivity index (χ0) is 17.2. The van der Waals surface area contributed by atoms with Gasteiger partial charge in [0.1, 0.15) is 5.65 Å². The fourth-order valence-electron chi connectivity index (χ4n) is 3.40. The molecule has 0 radical (unpaired) electrons. The summed E-state index contributed by atoms with van der Waals surface area (Å²) in [6.45, 7) is 7.86. The van der Waals surface area contributed by atoms with Crippen LogP contribution in [0.2, 0.25) is 0 Å². The number of fused-ring (bicyclic) bond motifs is 1. The van der Waals surface area contributed by atoms with E-state index in [9.17, 15) is 4.79 Å². The van der Waals surface area contributed by atoms with E-state index < -0.39 is 0 Å². The van der Waals surface area contributed by atoms with Gasteiger partial charge in [-0.1, -0.05) is 12.1 Å². The van der Waals surface area contributed by atoms with Crippen molar-refractivity contribution >= 4 is 17.0 Å². The molecule has 0 spiro atoms. The fourth-order valence-corrected chi connectivity index (χ4v) is 4.15. The molecule has 3 aromatic heterocycles. The van der Waals surface area contributed by atoms with Gasteiger partial charge < -0.3 is 0 Å². The number of thiophene rings is 1. The first-order chi connectivity index (χ1) is 12.2. The third-order valence-corrected chi connectivity index (χ3v) is 5.60. The van der Waals surface area contributed by atoms with E-state index >= 15 is 0 Å². The van der Waals surface area contributed by atoms with E-state index in [1.54, 1.807) is 10.5 Å². The summed E-state index contributed by atoms with van der Waals surface area (Å²) in [7, 11) is 0. The van der Waals surface area contributed by atoms with Gasteiger partial charge in [-0.15, -0.1) is 11.3 Å². The van der Waals surface area contributed by atoms with E-state index in [0.29, 0.717) is 0 Å². The summed E-state index contributed by atoms with van der Waals surface area (Å²) >= 11 is 1.82. The Bertz CT molecular complexity index is 911. The Labute approximate surface area is 151 Å². The minimum Gasteiger partial charge on any atom is -0.296 e. The second-order valence-electron chi connectivity index (χ2n) is 6.58. The van der Waals surface area contributed by atoms with Crippen LogP contribution in [0.25, 0.3) is 5.65 Å². The van der Waals surface area contributed by atoms with Crippen molar-refractivity contribution in [1.82, 2.24) is 19.2 Å². The first-order valence-electron chi connectivity index (χ1n) is 8.64. The number of hydrogen-bond donors (Lipinski definition) is 0. The van der Waals surface area contributed by atoms with Crippen molar-refractivity contribution in [3.63, 3.8) is 0 Å². The lowest BCUT2D eigenvalue weighted by atomic mass is 10.2. The van der Waals surface area contributed by atoms with Crippen molar-refractivity contribution in [2.75, 3.05) is 26.2 Å². The third-order valence-electron chi connectivity index (χ3n) is 4.74. The molecule has 0 aliphatic carbocycles. The van der Waals surface area contributed by atoms with E-state index in [-0.39, 0.29) is 5.56 Å². The summed E-state index contributed by atoms with van der Waals surface area (Å²) < 4.78 is 1.67. The molecule has 4 heterocycles. The smallest absolute Gasteiger partial charge is 0.258 e. The molecule has 0 bridgehead atoms. The van der Waals surface area contributed by atoms with Gasteiger partial charge in [-0.2, -0.15) is 0 Å². The van der Waals surface area contributed by atoms with Gasteiger partial charge in [0, 0.05) is 55.9 Å². The van der Waals surface area contributed by atoms with Gasteiger partial charge >= 0.3 is 0 Å². The number of rotatable bonds is 4. The van der Waals surface area contributed by atoms with Crippen molar-refractivity contribution in [1.29, 1.82) is 0 Å². The molecule has 0 atom stereocenters. The molecule has 25 heavy (non-hydrogen) atoms. The molecule has 0 unspecified atom stereocenters. The highest BCUT2D eigenvalue weighted by molar-refractivity contribution is 7.09. The molecule has 1 saturated heterocycles. The summed E-state index contributed by atoms with van der Waals surface area (Å²) in [6, 6.07) is 11.8. The van der Waals surface area contributed by atoms with Crippen LogP contribution >= 0.6 is 11.3 Å². The first kappa shape index (κ1) is 16.4. The quantitative estimate of drug-likeness (QED) is 0.721. The summed E-state index contributed by atoms with van der Waals surface area (Å²) in [5, 5.41) is 2.14. The maximum atomic E-state index is 12.4. The topological polar surface area (TPSA) is 40.9 Å². The largest absolute Gasteiger partial charge is 0.296 e. The van der Waals surface area contributed by atoms with E-state index in [0.717, 1.165) is 56.3 Å². The summed E-state index contributed by atoms with van der Waals surface area (Å²) in [5.74, 6) is 0. The van der Waals surface area contributed by atoms with Gasteiger partial charge in [-0.3, -0.25) is 19.0 Å². The van der Waals surface area contributed by atoms with Crippen LogP contribution in [0.5, 0.6) is 0 Å². The molecule has 0 amide bonds. The van der Waals surface area contributed by atoms with Gasteiger partial charge in [0.05, 0.1) is 5.69 Å². The van der Waals surface area contributed by atoms with Crippen LogP contribution < -0.4 is 5.56 Å². The second kappa shape index (κ2) is 7.07. The lowest BCUT2D eigenvalue weighted by Gasteiger charge is -2.34. The number of nitrogens with zero attached hydrogens (tertiary/aromatic N) is 4. The summed E-state index contributed by atoms with van der Waals surface area (Å²) in [4.78, 5) is 23.4.